The van der Waals surface area contributed by atoms with E-state index in [0.717, 1.165) is 22.5 Å². The molecule has 2 nitrogen and oxygen atoms in total. The maximum atomic E-state index is 4.54. The van der Waals surface area contributed by atoms with Crippen LogP contribution in [0.1, 0.15) is 6.92 Å². The summed E-state index contributed by atoms with van der Waals surface area (Å²) in [6.45, 7) is 1.83. The first-order valence-electron chi connectivity index (χ1n) is 6.51. The van der Waals surface area contributed by atoms with Crippen molar-refractivity contribution in [1.29, 1.82) is 0 Å². The van der Waals surface area contributed by atoms with Crippen LogP contribution in [0.5, 0.6) is 0 Å². The van der Waals surface area contributed by atoms with Crippen molar-refractivity contribution in [2.24, 2.45) is 0 Å². The van der Waals surface area contributed by atoms with Crippen LogP contribution in [0.15, 0.2) is 67.0 Å². The highest BCUT2D eigenvalue weighted by molar-refractivity contribution is 5.79. The highest BCUT2D eigenvalue weighted by Gasteiger charge is 2.13. The van der Waals surface area contributed by atoms with E-state index in [1.165, 1.54) is 0 Å². The molecule has 0 fully saturated rings. The van der Waals surface area contributed by atoms with Crippen LogP contribution < -0.4 is 0 Å². The molecule has 2 aromatic carbocycles. The molecule has 0 aliphatic rings. The molecule has 0 N–H and O–H groups in total. The molecule has 20 heavy (non-hydrogen) atoms. The van der Waals surface area contributed by atoms with Crippen LogP contribution in [0.3, 0.4) is 0 Å². The normalized spacial score (nSPS) is 9.85. The van der Waals surface area contributed by atoms with Gasteiger partial charge in [0.05, 0.1) is 11.4 Å². The molecule has 96 valence electrons. The van der Waals surface area contributed by atoms with E-state index < -0.39 is 0 Å². The molecule has 2 heteroatoms. The Morgan fingerprint density at radius 2 is 1.45 bits per heavy atom. The van der Waals surface area contributed by atoms with Gasteiger partial charge in [0.25, 0.3) is 0 Å². The molecule has 0 unspecified atom stereocenters. The van der Waals surface area contributed by atoms with Gasteiger partial charge in [-0.3, -0.25) is 4.57 Å². The van der Waals surface area contributed by atoms with Gasteiger partial charge >= 0.3 is 0 Å². The van der Waals surface area contributed by atoms with Crippen molar-refractivity contribution in [2.45, 2.75) is 6.92 Å². The molecule has 1 heterocycles. The number of hydrogen-bond acceptors (Lipinski definition) is 1. The molecule has 0 amide bonds. The van der Waals surface area contributed by atoms with Gasteiger partial charge in [-0.2, -0.15) is 0 Å². The summed E-state index contributed by atoms with van der Waals surface area (Å²) in [5.74, 6) is 2.93. The van der Waals surface area contributed by atoms with E-state index in [9.17, 15) is 0 Å². The molecular formula is C18H14N2. The van der Waals surface area contributed by atoms with Crippen LogP contribution >= 0.6 is 0 Å². The van der Waals surface area contributed by atoms with Crippen LogP contribution in [0.2, 0.25) is 0 Å². The van der Waals surface area contributed by atoms with Gasteiger partial charge in [0, 0.05) is 17.2 Å². The third-order valence-corrected chi connectivity index (χ3v) is 3.09. The Balaban J connectivity index is 2.24. The molecule has 0 saturated carbocycles. The predicted molar refractivity (Wildman–Crippen MR) is 81.9 cm³/mol. The van der Waals surface area contributed by atoms with E-state index in [2.05, 4.69) is 41.2 Å². The fourth-order valence-corrected chi connectivity index (χ4v) is 2.23. The van der Waals surface area contributed by atoms with Gasteiger partial charge in [-0.05, 0) is 6.92 Å². The van der Waals surface area contributed by atoms with Gasteiger partial charge in [-0.1, -0.05) is 66.6 Å². The molecule has 0 radical (unpaired) electrons. The van der Waals surface area contributed by atoms with Crippen molar-refractivity contribution < 1.29 is 0 Å². The molecule has 0 aliphatic carbocycles. The third-order valence-electron chi connectivity index (χ3n) is 3.09. The minimum Gasteiger partial charge on any atom is -0.257 e. The summed E-state index contributed by atoms with van der Waals surface area (Å²) in [5.41, 5.74) is 4.21. The lowest BCUT2D eigenvalue weighted by Gasteiger charge is -2.05. The summed E-state index contributed by atoms with van der Waals surface area (Å²) >= 11 is 0. The lowest BCUT2D eigenvalue weighted by atomic mass is 10.0. The Labute approximate surface area is 118 Å². The van der Waals surface area contributed by atoms with Crippen molar-refractivity contribution in [3.63, 3.8) is 0 Å². The highest BCUT2D eigenvalue weighted by Crippen LogP contribution is 2.30. The average Bonchev–Trinajstić information content (AvgIpc) is 2.93. The molecule has 0 bridgehead atoms. The van der Waals surface area contributed by atoms with Crippen molar-refractivity contribution >= 4 is 0 Å². The molecule has 3 rings (SSSR count). The fraction of sp³-hybridized carbons (Fsp3) is 0.0556. The van der Waals surface area contributed by atoms with Crippen LogP contribution in [0, 0.1) is 12.0 Å². The Morgan fingerprint density at radius 1 is 0.850 bits per heavy atom. The van der Waals surface area contributed by atoms with Gasteiger partial charge in [0.2, 0.25) is 0 Å². The number of nitrogens with zero attached hydrogens (tertiary/aromatic N) is 2. The molecule has 1 aromatic heterocycles. The second-order valence-electron chi connectivity index (χ2n) is 4.41. The van der Waals surface area contributed by atoms with Crippen LogP contribution in [0.25, 0.3) is 22.5 Å². The molecule has 3 aromatic rings. The molecule has 0 spiro atoms. The Kier molecular flexibility index (Phi) is 3.34. The number of aromatic nitrogens is 2. The number of imidazole rings is 1. The summed E-state index contributed by atoms with van der Waals surface area (Å²) < 4.78 is 1.89. The largest absolute Gasteiger partial charge is 0.257 e. The smallest absolute Gasteiger partial charge is 0.108 e. The first-order valence-corrected chi connectivity index (χ1v) is 6.51. The second kappa shape index (κ2) is 5.46. The van der Waals surface area contributed by atoms with Gasteiger partial charge in [0.15, 0.2) is 0 Å². The van der Waals surface area contributed by atoms with E-state index in [0.29, 0.717) is 0 Å². The zero-order valence-electron chi connectivity index (χ0n) is 11.2. The van der Waals surface area contributed by atoms with Crippen LogP contribution in [0.4, 0.5) is 0 Å². The maximum absolute atomic E-state index is 4.54. The average molecular weight is 258 g/mol. The lowest BCUT2D eigenvalue weighted by molar-refractivity contribution is 1.12. The molecule has 0 atom stereocenters. The van der Waals surface area contributed by atoms with E-state index in [1.54, 1.807) is 6.33 Å². The number of hydrogen-bond donors (Lipinski definition) is 0. The molecule has 0 saturated heterocycles. The summed E-state index contributed by atoms with van der Waals surface area (Å²) in [7, 11) is 0. The monoisotopic (exact) mass is 258 g/mol. The van der Waals surface area contributed by atoms with Crippen molar-refractivity contribution in [1.82, 2.24) is 9.55 Å². The van der Waals surface area contributed by atoms with Gasteiger partial charge in [0.1, 0.15) is 6.33 Å². The summed E-state index contributed by atoms with van der Waals surface area (Å²) in [6, 6.07) is 23.5. The van der Waals surface area contributed by atoms with Gasteiger partial charge < -0.3 is 0 Å². The van der Waals surface area contributed by atoms with Crippen molar-refractivity contribution in [3.8, 4) is 34.5 Å². The third kappa shape index (κ3) is 2.22. The van der Waals surface area contributed by atoms with E-state index in [-0.39, 0.29) is 0 Å². The minimum absolute atomic E-state index is 0.958. The van der Waals surface area contributed by atoms with E-state index in [1.807, 2.05) is 47.9 Å². The fourth-order valence-electron chi connectivity index (χ4n) is 2.23. The zero-order valence-corrected chi connectivity index (χ0v) is 11.2. The second-order valence-corrected chi connectivity index (χ2v) is 4.41. The SMILES string of the molecule is CC#Cn1cnc(-c2ccccc2)c1-c1ccccc1. The minimum atomic E-state index is 0.958. The number of benzene rings is 2. The zero-order chi connectivity index (χ0) is 13.8. The summed E-state index contributed by atoms with van der Waals surface area (Å²) in [5, 5.41) is 0. The predicted octanol–water partition coefficient (Wildman–Crippen LogP) is 4.05. The van der Waals surface area contributed by atoms with Crippen LogP contribution in [-0.2, 0) is 0 Å². The number of rotatable bonds is 2. The van der Waals surface area contributed by atoms with Gasteiger partial charge in [-0.15, -0.1) is 0 Å². The van der Waals surface area contributed by atoms with Crippen molar-refractivity contribution in [2.75, 3.05) is 0 Å². The quantitative estimate of drug-likeness (QED) is 0.634. The lowest BCUT2D eigenvalue weighted by Crippen LogP contribution is -1.91. The van der Waals surface area contributed by atoms with E-state index >= 15 is 0 Å². The summed E-state index contributed by atoms with van der Waals surface area (Å²) in [4.78, 5) is 4.54. The van der Waals surface area contributed by atoms with Gasteiger partial charge in [-0.25, -0.2) is 4.98 Å². The topological polar surface area (TPSA) is 17.8 Å². The Morgan fingerprint density at radius 3 is 2.05 bits per heavy atom. The van der Waals surface area contributed by atoms with E-state index in [4.69, 9.17) is 0 Å². The first-order chi connectivity index (χ1) is 9.90. The van der Waals surface area contributed by atoms with Crippen LogP contribution in [-0.4, -0.2) is 9.55 Å². The highest BCUT2D eigenvalue weighted by atomic mass is 15.0. The molecular weight excluding hydrogens is 244 g/mol. The Bertz CT molecular complexity index is 759. The standard InChI is InChI=1S/C18H14N2/c1-2-13-20-14-19-17(15-9-5-3-6-10-15)18(20)16-11-7-4-8-12-16/h3-12,14H,1H3. The molecule has 0 aliphatic heterocycles. The Hall–Kier alpha value is -2.79. The van der Waals surface area contributed by atoms with Crippen molar-refractivity contribution in [3.05, 3.63) is 67.0 Å². The first kappa shape index (κ1) is 12.3. The maximum Gasteiger partial charge on any atom is 0.108 e. The summed E-state index contributed by atoms with van der Waals surface area (Å²) in [6.07, 6.45) is 1.78.